The Labute approximate surface area is 353 Å². The quantitative estimate of drug-likeness (QED) is 0.0490. The highest BCUT2D eigenvalue weighted by molar-refractivity contribution is 5.69. The number of carbonyl (C=O) groups is 2. The van der Waals surface area contributed by atoms with Crippen LogP contribution in [0.3, 0.4) is 0 Å². The minimum Gasteiger partial charge on any atom is -0.466 e. The van der Waals surface area contributed by atoms with E-state index >= 15 is 0 Å². The maximum atomic E-state index is 12.7. The lowest BCUT2D eigenvalue weighted by molar-refractivity contribution is -0.150. The van der Waals surface area contributed by atoms with Gasteiger partial charge in [0.05, 0.1) is 13.2 Å². The predicted molar refractivity (Wildman–Crippen MR) is 248 cm³/mol. The van der Waals surface area contributed by atoms with Crippen molar-refractivity contribution >= 4 is 11.9 Å². The number of rotatable bonds is 41. The van der Waals surface area contributed by atoms with Crippen LogP contribution in [0.2, 0.25) is 0 Å². The summed E-state index contributed by atoms with van der Waals surface area (Å²) >= 11 is 0. The number of hydrogen-bond donors (Lipinski definition) is 1. The minimum atomic E-state index is -0.0498. The molecule has 0 aromatic heterocycles. The van der Waals surface area contributed by atoms with Gasteiger partial charge in [-0.3, -0.25) is 9.59 Å². The van der Waals surface area contributed by atoms with Gasteiger partial charge in [-0.15, -0.1) is 0 Å². The van der Waals surface area contributed by atoms with E-state index in [-0.39, 0.29) is 24.6 Å². The SMILES string of the molecule is CC.CC.CC.CCCCCCCCCCCOC(=O)CCCCCN(CCO)CCCCCCCC(=O)OC(CCCCCCCC)CCCCCCCC. The first kappa shape index (κ1) is 61.5. The average Bonchev–Trinajstić information content (AvgIpc) is 3.22. The maximum Gasteiger partial charge on any atom is 0.306 e. The third-order valence-corrected chi connectivity index (χ3v) is 10.2. The molecule has 0 aliphatic carbocycles. The first-order valence-corrected chi connectivity index (χ1v) is 25.3. The molecule has 0 fully saturated rings. The summed E-state index contributed by atoms with van der Waals surface area (Å²) < 4.78 is 11.4. The third-order valence-electron chi connectivity index (χ3n) is 10.2. The van der Waals surface area contributed by atoms with Crippen molar-refractivity contribution in [1.29, 1.82) is 0 Å². The van der Waals surface area contributed by atoms with Crippen molar-refractivity contribution in [2.24, 2.45) is 0 Å². The van der Waals surface area contributed by atoms with Crippen molar-refractivity contribution in [2.75, 3.05) is 32.8 Å². The van der Waals surface area contributed by atoms with Crippen LogP contribution in [-0.2, 0) is 19.1 Å². The molecular formula is C50H105NO5. The summed E-state index contributed by atoms with van der Waals surface area (Å²) in [6, 6.07) is 0. The predicted octanol–water partition coefficient (Wildman–Crippen LogP) is 15.7. The Hall–Kier alpha value is -1.14. The van der Waals surface area contributed by atoms with Crippen molar-refractivity contribution in [3.8, 4) is 0 Å². The fraction of sp³-hybridized carbons (Fsp3) is 0.960. The van der Waals surface area contributed by atoms with Gasteiger partial charge in [-0.25, -0.2) is 0 Å². The summed E-state index contributed by atoms with van der Waals surface area (Å²) in [5.74, 6) is -0.0423. The molecule has 56 heavy (non-hydrogen) atoms. The zero-order valence-corrected chi connectivity index (χ0v) is 40.0. The molecule has 0 aliphatic rings. The van der Waals surface area contributed by atoms with Crippen LogP contribution in [0.15, 0.2) is 0 Å². The van der Waals surface area contributed by atoms with Gasteiger partial charge in [0.2, 0.25) is 0 Å². The smallest absolute Gasteiger partial charge is 0.306 e. The highest BCUT2D eigenvalue weighted by atomic mass is 16.5. The van der Waals surface area contributed by atoms with Crippen LogP contribution >= 0.6 is 0 Å². The zero-order chi connectivity index (χ0) is 42.6. The molecular weight excluding hydrogens is 695 g/mol. The lowest BCUT2D eigenvalue weighted by Crippen LogP contribution is -2.29. The van der Waals surface area contributed by atoms with Crippen molar-refractivity contribution < 1.29 is 24.2 Å². The molecule has 0 rings (SSSR count). The Balaban J connectivity index is -0.00000214. The summed E-state index contributed by atoms with van der Waals surface area (Å²) in [5.41, 5.74) is 0. The Morgan fingerprint density at radius 3 is 1.20 bits per heavy atom. The highest BCUT2D eigenvalue weighted by Gasteiger charge is 2.14. The first-order valence-electron chi connectivity index (χ1n) is 25.3. The molecule has 0 atom stereocenters. The number of aliphatic hydroxyl groups is 1. The number of unbranched alkanes of at least 4 members (excludes halogenated alkanes) is 24. The molecule has 0 spiro atoms. The molecule has 0 radical (unpaired) electrons. The van der Waals surface area contributed by atoms with Gasteiger partial charge in [-0.1, -0.05) is 204 Å². The molecule has 0 heterocycles. The minimum absolute atomic E-state index is 0.00755. The number of carbonyl (C=O) groups excluding carboxylic acids is 2. The van der Waals surface area contributed by atoms with Crippen molar-refractivity contribution in [2.45, 2.75) is 280 Å². The van der Waals surface area contributed by atoms with Gasteiger partial charge in [-0.2, -0.15) is 0 Å². The van der Waals surface area contributed by atoms with E-state index in [1.54, 1.807) is 0 Å². The van der Waals surface area contributed by atoms with E-state index in [4.69, 9.17) is 9.47 Å². The molecule has 0 saturated heterocycles. The molecule has 0 amide bonds. The van der Waals surface area contributed by atoms with Gasteiger partial charge in [-0.05, 0) is 70.9 Å². The number of esters is 2. The Kier molecular flexibility index (Phi) is 63.9. The molecule has 1 N–H and O–H groups in total. The van der Waals surface area contributed by atoms with Crippen molar-refractivity contribution in [3.63, 3.8) is 0 Å². The van der Waals surface area contributed by atoms with Crippen LogP contribution < -0.4 is 0 Å². The summed E-state index contributed by atoms with van der Waals surface area (Å²) in [6.07, 6.45) is 38.4. The van der Waals surface area contributed by atoms with E-state index in [0.717, 1.165) is 90.1 Å². The van der Waals surface area contributed by atoms with Crippen molar-refractivity contribution in [1.82, 2.24) is 4.90 Å². The van der Waals surface area contributed by atoms with Crippen LogP contribution in [0, 0.1) is 0 Å². The van der Waals surface area contributed by atoms with E-state index in [1.165, 1.54) is 122 Å². The zero-order valence-electron chi connectivity index (χ0n) is 40.0. The molecule has 0 aromatic carbocycles. The van der Waals surface area contributed by atoms with Crippen LogP contribution in [-0.4, -0.2) is 60.9 Å². The van der Waals surface area contributed by atoms with E-state index in [1.807, 2.05) is 41.5 Å². The lowest BCUT2D eigenvalue weighted by atomic mass is 10.0. The van der Waals surface area contributed by atoms with Gasteiger partial charge in [0.25, 0.3) is 0 Å². The molecule has 340 valence electrons. The van der Waals surface area contributed by atoms with E-state index in [2.05, 4.69) is 25.7 Å². The van der Waals surface area contributed by atoms with E-state index in [9.17, 15) is 14.7 Å². The molecule has 6 heteroatoms. The van der Waals surface area contributed by atoms with Crippen LogP contribution in [0.25, 0.3) is 0 Å². The summed E-state index contributed by atoms with van der Waals surface area (Å²) in [7, 11) is 0. The molecule has 0 aromatic rings. The Morgan fingerprint density at radius 2 is 0.768 bits per heavy atom. The normalized spacial score (nSPS) is 10.6. The second-order valence-corrected chi connectivity index (χ2v) is 15.2. The highest BCUT2D eigenvalue weighted by Crippen LogP contribution is 2.18. The maximum absolute atomic E-state index is 12.7. The van der Waals surface area contributed by atoms with Gasteiger partial charge in [0.15, 0.2) is 0 Å². The first-order chi connectivity index (χ1) is 27.6. The lowest BCUT2D eigenvalue weighted by Gasteiger charge is -2.21. The monoisotopic (exact) mass is 800 g/mol. The van der Waals surface area contributed by atoms with E-state index in [0.29, 0.717) is 26.0 Å². The fourth-order valence-corrected chi connectivity index (χ4v) is 6.88. The molecule has 0 saturated carbocycles. The second-order valence-electron chi connectivity index (χ2n) is 15.2. The fourth-order valence-electron chi connectivity index (χ4n) is 6.88. The molecule has 0 bridgehead atoms. The summed E-state index contributed by atoms with van der Waals surface area (Å²) in [6.45, 7) is 22.2. The summed E-state index contributed by atoms with van der Waals surface area (Å²) in [4.78, 5) is 27.1. The van der Waals surface area contributed by atoms with Crippen LogP contribution in [0.4, 0.5) is 0 Å². The van der Waals surface area contributed by atoms with Gasteiger partial charge in [0.1, 0.15) is 6.10 Å². The summed E-state index contributed by atoms with van der Waals surface area (Å²) in [5, 5.41) is 9.53. The topological polar surface area (TPSA) is 76.1 Å². The average molecular weight is 800 g/mol. The van der Waals surface area contributed by atoms with Gasteiger partial charge >= 0.3 is 11.9 Å². The molecule has 6 nitrogen and oxygen atoms in total. The molecule has 0 aliphatic heterocycles. The number of hydrogen-bond acceptors (Lipinski definition) is 6. The number of aliphatic hydroxyl groups excluding tert-OH is 1. The van der Waals surface area contributed by atoms with Gasteiger partial charge in [0, 0.05) is 19.4 Å². The van der Waals surface area contributed by atoms with Crippen LogP contribution in [0.5, 0.6) is 0 Å². The van der Waals surface area contributed by atoms with Gasteiger partial charge < -0.3 is 19.5 Å². The largest absolute Gasteiger partial charge is 0.466 e. The number of ether oxygens (including phenoxy) is 2. The third kappa shape index (κ3) is 52.9. The van der Waals surface area contributed by atoms with Crippen LogP contribution in [0.1, 0.15) is 274 Å². The number of nitrogens with zero attached hydrogens (tertiary/aromatic N) is 1. The molecule has 0 unspecified atom stereocenters. The Morgan fingerprint density at radius 1 is 0.429 bits per heavy atom. The standard InChI is InChI=1S/C44H87NO5.3C2H6/c1-4-7-10-13-16-17-18-24-32-41-49-43(47)35-29-25-31-38-45(39-40-46)37-30-23-19-22-28-36-44(48)50-42(33-26-20-14-11-8-5-2)34-27-21-15-12-9-6-3;3*1-2/h42,46H,4-41H2,1-3H3;3*1-2H3. The van der Waals surface area contributed by atoms with Crippen molar-refractivity contribution in [3.05, 3.63) is 0 Å². The van der Waals surface area contributed by atoms with E-state index < -0.39 is 0 Å². The second kappa shape index (κ2) is 58.2. The Bertz CT molecular complexity index is 687.